The van der Waals surface area contributed by atoms with Gasteiger partial charge >= 0.3 is 6.61 Å². The minimum absolute atomic E-state index is 0.00583. The summed E-state index contributed by atoms with van der Waals surface area (Å²) >= 11 is 1.22. The molecule has 0 saturated heterocycles. The summed E-state index contributed by atoms with van der Waals surface area (Å²) in [4.78, 5) is 28.4. The first-order valence-electron chi connectivity index (χ1n) is 8.15. The molecule has 1 aromatic heterocycles. The highest BCUT2D eigenvalue weighted by Crippen LogP contribution is 2.19. The Morgan fingerprint density at radius 3 is 2.43 bits per heavy atom. The van der Waals surface area contributed by atoms with Crippen molar-refractivity contribution in [3.63, 3.8) is 0 Å². The van der Waals surface area contributed by atoms with Gasteiger partial charge in [0.25, 0.3) is 5.91 Å². The van der Waals surface area contributed by atoms with Crippen molar-refractivity contribution in [2.45, 2.75) is 13.0 Å². The largest absolute Gasteiger partial charge is 0.435 e. The average molecular weight is 403 g/mol. The Bertz CT molecular complexity index is 947. The Morgan fingerprint density at radius 2 is 1.75 bits per heavy atom. The van der Waals surface area contributed by atoms with E-state index in [1.54, 1.807) is 29.6 Å². The van der Waals surface area contributed by atoms with Gasteiger partial charge in [0.1, 0.15) is 5.75 Å². The van der Waals surface area contributed by atoms with Crippen molar-refractivity contribution in [3.05, 3.63) is 71.2 Å². The van der Waals surface area contributed by atoms with Gasteiger partial charge in [0, 0.05) is 16.6 Å². The lowest BCUT2D eigenvalue weighted by molar-refractivity contribution is -0.115. The third-order valence-corrected chi connectivity index (χ3v) is 4.32. The molecule has 0 aliphatic heterocycles. The number of hydrogen-bond acceptors (Lipinski definition) is 5. The number of thiazole rings is 1. The highest BCUT2D eigenvalue weighted by molar-refractivity contribution is 7.14. The number of nitrogens with zero attached hydrogens (tertiary/aromatic N) is 1. The monoisotopic (exact) mass is 403 g/mol. The molecule has 0 fully saturated rings. The molecule has 0 unspecified atom stereocenters. The summed E-state index contributed by atoms with van der Waals surface area (Å²) in [7, 11) is 0. The zero-order valence-electron chi connectivity index (χ0n) is 14.4. The van der Waals surface area contributed by atoms with Crippen LogP contribution in [0.4, 0.5) is 19.6 Å². The second-order valence-corrected chi connectivity index (χ2v) is 6.45. The van der Waals surface area contributed by atoms with E-state index in [9.17, 15) is 18.4 Å². The van der Waals surface area contributed by atoms with Crippen LogP contribution in [0.3, 0.4) is 0 Å². The molecule has 6 nitrogen and oxygen atoms in total. The number of aromatic nitrogens is 1. The molecule has 28 heavy (non-hydrogen) atoms. The van der Waals surface area contributed by atoms with E-state index in [0.29, 0.717) is 22.1 Å². The van der Waals surface area contributed by atoms with Crippen LogP contribution in [0.1, 0.15) is 16.1 Å². The van der Waals surface area contributed by atoms with Gasteiger partial charge < -0.3 is 10.1 Å². The highest BCUT2D eigenvalue weighted by atomic mass is 32.1. The molecule has 2 aromatic carbocycles. The molecule has 9 heteroatoms. The Kier molecular flexibility index (Phi) is 6.28. The summed E-state index contributed by atoms with van der Waals surface area (Å²) in [5.74, 6) is -0.600. The lowest BCUT2D eigenvalue weighted by Gasteiger charge is -2.07. The van der Waals surface area contributed by atoms with Crippen LogP contribution >= 0.6 is 11.3 Å². The van der Waals surface area contributed by atoms with Gasteiger partial charge in [0.15, 0.2) is 5.13 Å². The zero-order valence-corrected chi connectivity index (χ0v) is 15.2. The van der Waals surface area contributed by atoms with Crippen LogP contribution in [0.15, 0.2) is 60.0 Å². The van der Waals surface area contributed by atoms with E-state index in [0.717, 1.165) is 0 Å². The number of nitrogens with one attached hydrogen (secondary N) is 2. The van der Waals surface area contributed by atoms with Gasteiger partial charge in [-0.25, -0.2) is 4.98 Å². The fraction of sp³-hybridized carbons (Fsp3) is 0.105. The van der Waals surface area contributed by atoms with Gasteiger partial charge in [-0.1, -0.05) is 18.2 Å². The number of carbonyl (C=O) groups is 2. The number of amides is 2. The first-order valence-corrected chi connectivity index (χ1v) is 9.03. The summed E-state index contributed by atoms with van der Waals surface area (Å²) in [6.45, 7) is -2.90. The maximum absolute atomic E-state index is 12.1. The molecule has 2 N–H and O–H groups in total. The van der Waals surface area contributed by atoms with E-state index in [4.69, 9.17) is 0 Å². The Labute approximate surface area is 163 Å². The van der Waals surface area contributed by atoms with Crippen molar-refractivity contribution in [1.82, 2.24) is 4.98 Å². The number of alkyl halides is 2. The molecular weight excluding hydrogens is 388 g/mol. The normalized spacial score (nSPS) is 10.5. The van der Waals surface area contributed by atoms with Crippen LogP contribution < -0.4 is 15.4 Å². The lowest BCUT2D eigenvalue weighted by atomic mass is 10.2. The number of anilines is 2. The van der Waals surface area contributed by atoms with Gasteiger partial charge in [0.2, 0.25) is 5.91 Å². The molecule has 2 amide bonds. The highest BCUT2D eigenvalue weighted by Gasteiger charge is 2.11. The van der Waals surface area contributed by atoms with Crippen LogP contribution in [0.25, 0.3) is 0 Å². The number of rotatable bonds is 7. The first kappa shape index (κ1) is 19.4. The topological polar surface area (TPSA) is 80.3 Å². The molecule has 144 valence electrons. The van der Waals surface area contributed by atoms with Crippen molar-refractivity contribution in [2.24, 2.45) is 0 Å². The van der Waals surface area contributed by atoms with Crippen LogP contribution in [0.5, 0.6) is 5.75 Å². The summed E-state index contributed by atoms with van der Waals surface area (Å²) in [5, 5.41) is 7.40. The molecule has 0 spiro atoms. The van der Waals surface area contributed by atoms with Crippen molar-refractivity contribution in [3.8, 4) is 5.75 Å². The molecular formula is C19H15F2N3O3S. The molecule has 3 rings (SSSR count). The quantitative estimate of drug-likeness (QED) is 0.620. The SMILES string of the molecule is O=C(Cc1csc(NC(=O)c2ccccc2)n1)Nc1ccc(OC(F)F)cc1. The van der Waals surface area contributed by atoms with Crippen molar-refractivity contribution >= 4 is 34.0 Å². The summed E-state index contributed by atoms with van der Waals surface area (Å²) < 4.78 is 28.5. The van der Waals surface area contributed by atoms with E-state index in [-0.39, 0.29) is 24.0 Å². The van der Waals surface area contributed by atoms with Gasteiger partial charge in [0.05, 0.1) is 12.1 Å². The van der Waals surface area contributed by atoms with Gasteiger partial charge in [-0.2, -0.15) is 8.78 Å². The minimum Gasteiger partial charge on any atom is -0.435 e. The van der Waals surface area contributed by atoms with E-state index >= 15 is 0 Å². The second kappa shape index (κ2) is 9.05. The average Bonchev–Trinajstić information content (AvgIpc) is 3.10. The molecule has 0 radical (unpaired) electrons. The molecule has 0 aliphatic rings. The third-order valence-electron chi connectivity index (χ3n) is 3.51. The van der Waals surface area contributed by atoms with Crippen molar-refractivity contribution in [2.75, 3.05) is 10.6 Å². The zero-order chi connectivity index (χ0) is 19.9. The van der Waals surface area contributed by atoms with Crippen molar-refractivity contribution in [1.29, 1.82) is 0 Å². The maximum atomic E-state index is 12.1. The van der Waals surface area contributed by atoms with Gasteiger partial charge in [-0.3, -0.25) is 14.9 Å². The Morgan fingerprint density at radius 1 is 1.04 bits per heavy atom. The van der Waals surface area contributed by atoms with E-state index in [1.165, 1.54) is 35.6 Å². The molecule has 0 bridgehead atoms. The second-order valence-electron chi connectivity index (χ2n) is 5.59. The van der Waals surface area contributed by atoms with Gasteiger partial charge in [-0.05, 0) is 36.4 Å². The number of halogens is 2. The third kappa shape index (κ3) is 5.58. The summed E-state index contributed by atoms with van der Waals surface area (Å²) in [5.41, 5.74) is 1.46. The lowest BCUT2D eigenvalue weighted by Crippen LogP contribution is -2.15. The fourth-order valence-corrected chi connectivity index (χ4v) is 3.00. The summed E-state index contributed by atoms with van der Waals surface area (Å²) in [6.07, 6.45) is 0.00694. The molecule has 0 atom stereocenters. The van der Waals surface area contributed by atoms with Crippen LogP contribution in [-0.4, -0.2) is 23.4 Å². The predicted molar refractivity (Wildman–Crippen MR) is 102 cm³/mol. The Balaban J connectivity index is 1.53. The predicted octanol–water partition coefficient (Wildman–Crippen LogP) is 4.18. The van der Waals surface area contributed by atoms with Crippen LogP contribution in [-0.2, 0) is 11.2 Å². The van der Waals surface area contributed by atoms with Gasteiger partial charge in [-0.15, -0.1) is 11.3 Å². The maximum Gasteiger partial charge on any atom is 0.387 e. The minimum atomic E-state index is -2.90. The van der Waals surface area contributed by atoms with E-state index in [2.05, 4.69) is 20.4 Å². The number of carbonyl (C=O) groups excluding carboxylic acids is 2. The van der Waals surface area contributed by atoms with Crippen molar-refractivity contribution < 1.29 is 23.1 Å². The van der Waals surface area contributed by atoms with Crippen LogP contribution in [0, 0.1) is 0 Å². The molecule has 1 heterocycles. The van der Waals surface area contributed by atoms with Crippen LogP contribution in [0.2, 0.25) is 0 Å². The summed E-state index contributed by atoms with van der Waals surface area (Å²) in [6, 6.07) is 14.3. The molecule has 0 aliphatic carbocycles. The Hall–Kier alpha value is -3.33. The standard InChI is InChI=1S/C19H15F2N3O3S/c20-18(21)27-15-8-6-13(7-9-15)22-16(25)10-14-11-28-19(23-14)24-17(26)12-4-2-1-3-5-12/h1-9,11,18H,10H2,(H,22,25)(H,23,24,26). The van der Waals surface area contributed by atoms with E-state index < -0.39 is 6.61 Å². The first-order chi connectivity index (χ1) is 13.5. The fourth-order valence-electron chi connectivity index (χ4n) is 2.29. The molecule has 0 saturated carbocycles. The number of benzene rings is 2. The number of hydrogen-bond donors (Lipinski definition) is 2. The van der Waals surface area contributed by atoms with E-state index in [1.807, 2.05) is 6.07 Å². The number of ether oxygens (including phenoxy) is 1. The molecule has 3 aromatic rings. The smallest absolute Gasteiger partial charge is 0.387 e.